The van der Waals surface area contributed by atoms with Crippen molar-refractivity contribution in [1.29, 1.82) is 0 Å². The second-order valence-corrected chi connectivity index (χ2v) is 2.78. The highest BCUT2D eigenvalue weighted by atomic mass is 14.9. The SMILES string of the molecule is CC.CC1Cc2cnccc2N1. The van der Waals surface area contributed by atoms with E-state index in [1.165, 1.54) is 11.3 Å². The van der Waals surface area contributed by atoms with E-state index in [9.17, 15) is 0 Å². The molecule has 0 fully saturated rings. The summed E-state index contributed by atoms with van der Waals surface area (Å²) < 4.78 is 0. The lowest BCUT2D eigenvalue weighted by molar-refractivity contribution is 0.837. The molecule has 0 radical (unpaired) electrons. The van der Waals surface area contributed by atoms with Crippen molar-refractivity contribution in [3.63, 3.8) is 0 Å². The smallest absolute Gasteiger partial charge is 0.0406 e. The second kappa shape index (κ2) is 4.10. The first kappa shape index (κ1) is 9.04. The molecule has 2 heteroatoms. The summed E-state index contributed by atoms with van der Waals surface area (Å²) in [5, 5.41) is 3.36. The molecule has 1 unspecified atom stereocenters. The standard InChI is InChI=1S/C8H10N2.C2H6/c1-6-4-7-5-9-3-2-8(7)10-6;1-2/h2-3,5-6,10H,4H2,1H3;1-2H3. The van der Waals surface area contributed by atoms with Crippen molar-refractivity contribution >= 4 is 5.69 Å². The Kier molecular flexibility index (Phi) is 3.09. The van der Waals surface area contributed by atoms with Gasteiger partial charge in [-0.05, 0) is 25.0 Å². The summed E-state index contributed by atoms with van der Waals surface area (Å²) in [6, 6.07) is 2.61. The molecule has 2 rings (SSSR count). The van der Waals surface area contributed by atoms with Crippen molar-refractivity contribution in [2.24, 2.45) is 0 Å². The molecule has 0 bridgehead atoms. The van der Waals surface area contributed by atoms with Gasteiger partial charge in [0, 0.05) is 24.1 Å². The normalized spacial score (nSPS) is 18.8. The third-order valence-electron chi connectivity index (χ3n) is 1.83. The first-order chi connectivity index (χ1) is 5.86. The van der Waals surface area contributed by atoms with Gasteiger partial charge >= 0.3 is 0 Å². The first-order valence-electron chi connectivity index (χ1n) is 4.55. The molecule has 2 heterocycles. The molecular weight excluding hydrogens is 148 g/mol. The van der Waals surface area contributed by atoms with Crippen LogP contribution < -0.4 is 5.32 Å². The van der Waals surface area contributed by atoms with E-state index in [0.29, 0.717) is 6.04 Å². The number of nitrogens with one attached hydrogen (secondary N) is 1. The van der Waals surface area contributed by atoms with Gasteiger partial charge in [-0.3, -0.25) is 4.98 Å². The maximum Gasteiger partial charge on any atom is 0.0406 e. The van der Waals surface area contributed by atoms with Crippen molar-refractivity contribution < 1.29 is 0 Å². The van der Waals surface area contributed by atoms with Gasteiger partial charge in [0.15, 0.2) is 0 Å². The fourth-order valence-electron chi connectivity index (χ4n) is 1.38. The average molecular weight is 164 g/mol. The minimum Gasteiger partial charge on any atom is -0.382 e. The third-order valence-corrected chi connectivity index (χ3v) is 1.83. The van der Waals surface area contributed by atoms with Crippen LogP contribution in [0.15, 0.2) is 18.5 Å². The highest BCUT2D eigenvalue weighted by Crippen LogP contribution is 2.23. The summed E-state index contributed by atoms with van der Waals surface area (Å²) >= 11 is 0. The molecule has 0 saturated carbocycles. The topological polar surface area (TPSA) is 24.9 Å². The number of hydrogen-bond donors (Lipinski definition) is 1. The second-order valence-electron chi connectivity index (χ2n) is 2.78. The predicted molar refractivity (Wildman–Crippen MR) is 52.4 cm³/mol. The highest BCUT2D eigenvalue weighted by Gasteiger charge is 2.14. The summed E-state index contributed by atoms with van der Waals surface area (Å²) in [6.45, 7) is 6.18. The van der Waals surface area contributed by atoms with E-state index < -0.39 is 0 Å². The molecular formula is C10H16N2. The average Bonchev–Trinajstić information content (AvgIpc) is 2.48. The Balaban J connectivity index is 0.000000336. The molecule has 0 aromatic carbocycles. The maximum absolute atomic E-state index is 4.05. The van der Waals surface area contributed by atoms with E-state index in [2.05, 4.69) is 17.2 Å². The van der Waals surface area contributed by atoms with Crippen molar-refractivity contribution in [1.82, 2.24) is 4.98 Å². The lowest BCUT2D eigenvalue weighted by atomic mass is 10.2. The molecule has 66 valence electrons. The van der Waals surface area contributed by atoms with Gasteiger partial charge in [0.25, 0.3) is 0 Å². The molecule has 1 aliphatic rings. The Hall–Kier alpha value is -1.05. The quantitative estimate of drug-likeness (QED) is 0.637. The lowest BCUT2D eigenvalue weighted by Crippen LogP contribution is -2.08. The Labute approximate surface area is 74.0 Å². The Morgan fingerprint density at radius 1 is 1.50 bits per heavy atom. The van der Waals surface area contributed by atoms with Crippen molar-refractivity contribution in [3.8, 4) is 0 Å². The molecule has 1 aromatic rings. The number of aromatic nitrogens is 1. The molecule has 0 aliphatic carbocycles. The van der Waals surface area contributed by atoms with Gasteiger partial charge < -0.3 is 5.32 Å². The number of anilines is 1. The van der Waals surface area contributed by atoms with E-state index in [1.54, 1.807) is 0 Å². The van der Waals surface area contributed by atoms with Crippen LogP contribution in [0, 0.1) is 0 Å². The van der Waals surface area contributed by atoms with Gasteiger partial charge in [-0.25, -0.2) is 0 Å². The lowest BCUT2D eigenvalue weighted by Gasteiger charge is -2.00. The van der Waals surface area contributed by atoms with Gasteiger partial charge in [0.05, 0.1) is 0 Å². The fourth-order valence-corrected chi connectivity index (χ4v) is 1.38. The van der Waals surface area contributed by atoms with Gasteiger partial charge in [0.2, 0.25) is 0 Å². The molecule has 0 spiro atoms. The Morgan fingerprint density at radius 3 is 2.92 bits per heavy atom. The van der Waals surface area contributed by atoms with E-state index >= 15 is 0 Å². The minimum atomic E-state index is 0.583. The van der Waals surface area contributed by atoms with Crippen LogP contribution in [0.25, 0.3) is 0 Å². The van der Waals surface area contributed by atoms with Crippen molar-refractivity contribution in [3.05, 3.63) is 24.0 Å². The van der Waals surface area contributed by atoms with Crippen LogP contribution in [0.3, 0.4) is 0 Å². The molecule has 2 nitrogen and oxygen atoms in total. The number of pyridine rings is 1. The van der Waals surface area contributed by atoms with Gasteiger partial charge in [0.1, 0.15) is 0 Å². The van der Waals surface area contributed by atoms with Crippen molar-refractivity contribution in [2.75, 3.05) is 5.32 Å². The summed E-state index contributed by atoms with van der Waals surface area (Å²) in [6.07, 6.45) is 4.87. The highest BCUT2D eigenvalue weighted by molar-refractivity contribution is 5.54. The fraction of sp³-hybridized carbons (Fsp3) is 0.500. The van der Waals surface area contributed by atoms with Gasteiger partial charge in [-0.1, -0.05) is 13.8 Å². The zero-order chi connectivity index (χ0) is 8.97. The molecule has 1 aliphatic heterocycles. The van der Waals surface area contributed by atoms with E-state index in [4.69, 9.17) is 0 Å². The molecule has 1 aromatic heterocycles. The van der Waals surface area contributed by atoms with Crippen LogP contribution in [0.1, 0.15) is 26.3 Å². The Morgan fingerprint density at radius 2 is 2.25 bits per heavy atom. The van der Waals surface area contributed by atoms with Crippen LogP contribution in [-0.4, -0.2) is 11.0 Å². The molecule has 1 atom stereocenters. The number of rotatable bonds is 0. The zero-order valence-electron chi connectivity index (χ0n) is 7.96. The molecule has 0 amide bonds. The molecule has 12 heavy (non-hydrogen) atoms. The van der Waals surface area contributed by atoms with Crippen LogP contribution in [0.2, 0.25) is 0 Å². The predicted octanol–water partition coefficient (Wildman–Crippen LogP) is 2.46. The van der Waals surface area contributed by atoms with Crippen LogP contribution in [-0.2, 0) is 6.42 Å². The number of hydrogen-bond acceptors (Lipinski definition) is 2. The summed E-state index contributed by atoms with van der Waals surface area (Å²) in [7, 11) is 0. The first-order valence-corrected chi connectivity index (χ1v) is 4.55. The Bertz CT molecular complexity index is 220. The maximum atomic E-state index is 4.05. The zero-order valence-corrected chi connectivity index (χ0v) is 7.96. The van der Waals surface area contributed by atoms with Gasteiger partial charge in [-0.2, -0.15) is 0 Å². The largest absolute Gasteiger partial charge is 0.382 e. The third kappa shape index (κ3) is 1.76. The summed E-state index contributed by atoms with van der Waals surface area (Å²) in [5.41, 5.74) is 2.59. The molecule has 1 N–H and O–H groups in total. The van der Waals surface area contributed by atoms with E-state index in [1.807, 2.05) is 32.3 Å². The minimum absolute atomic E-state index is 0.583. The van der Waals surface area contributed by atoms with E-state index in [0.717, 1.165) is 6.42 Å². The van der Waals surface area contributed by atoms with E-state index in [-0.39, 0.29) is 0 Å². The summed E-state index contributed by atoms with van der Waals surface area (Å²) in [5.74, 6) is 0. The van der Waals surface area contributed by atoms with Crippen LogP contribution in [0.4, 0.5) is 5.69 Å². The van der Waals surface area contributed by atoms with Crippen LogP contribution in [0.5, 0.6) is 0 Å². The van der Waals surface area contributed by atoms with Crippen LogP contribution >= 0.6 is 0 Å². The monoisotopic (exact) mass is 164 g/mol. The number of nitrogens with zero attached hydrogens (tertiary/aromatic N) is 1. The van der Waals surface area contributed by atoms with Gasteiger partial charge in [-0.15, -0.1) is 0 Å². The molecule has 0 saturated heterocycles. The summed E-state index contributed by atoms with van der Waals surface area (Å²) in [4.78, 5) is 4.05. The van der Waals surface area contributed by atoms with Crippen molar-refractivity contribution in [2.45, 2.75) is 33.2 Å². The number of fused-ring (bicyclic) bond motifs is 1.